The molecule has 0 radical (unpaired) electrons. The number of nitrogens with zero attached hydrogens (tertiary/aromatic N) is 4. The van der Waals surface area contributed by atoms with Gasteiger partial charge in [-0.1, -0.05) is 47.5 Å². The van der Waals surface area contributed by atoms with Crippen molar-refractivity contribution in [3.63, 3.8) is 0 Å². The second kappa shape index (κ2) is 5.29. The number of benzene rings is 2. The van der Waals surface area contributed by atoms with Crippen molar-refractivity contribution in [1.29, 1.82) is 5.26 Å². The first-order valence-electron chi connectivity index (χ1n) is 6.84. The van der Waals surface area contributed by atoms with E-state index in [4.69, 9.17) is 0 Å². The highest BCUT2D eigenvalue weighted by molar-refractivity contribution is 5.82. The molecule has 0 saturated heterocycles. The van der Waals surface area contributed by atoms with Crippen LogP contribution in [0.4, 0.5) is 5.69 Å². The van der Waals surface area contributed by atoms with E-state index < -0.39 is 0 Å². The lowest BCUT2D eigenvalue weighted by atomic mass is 10.1. The number of hydrogen-bond acceptors (Lipinski definition) is 4. The standard InChI is InChI=1S/C17H16N4/c1-13-3-7-15(8-4-13)17-20(12-19-21(17)11-18)16-9-5-14(2)6-10-16/h3-10,12,17H,1-2H3/t17-/m0/s1. The van der Waals surface area contributed by atoms with Gasteiger partial charge in [0.25, 0.3) is 0 Å². The maximum Gasteiger partial charge on any atom is 0.204 e. The summed E-state index contributed by atoms with van der Waals surface area (Å²) >= 11 is 0. The molecule has 0 aromatic heterocycles. The number of hydrogen-bond donors (Lipinski definition) is 0. The highest BCUT2D eigenvalue weighted by Crippen LogP contribution is 2.32. The van der Waals surface area contributed by atoms with Crippen LogP contribution in [0.2, 0.25) is 0 Å². The lowest BCUT2D eigenvalue weighted by Crippen LogP contribution is -2.29. The summed E-state index contributed by atoms with van der Waals surface area (Å²) in [4.78, 5) is 2.01. The van der Waals surface area contributed by atoms with E-state index in [1.165, 1.54) is 16.1 Å². The van der Waals surface area contributed by atoms with Crippen molar-refractivity contribution < 1.29 is 0 Å². The van der Waals surface area contributed by atoms with Crippen molar-refractivity contribution in [2.45, 2.75) is 20.0 Å². The SMILES string of the molecule is Cc1ccc([C@@H]2N(C#N)N=CN2c2ccc(C)cc2)cc1. The second-order valence-electron chi connectivity index (χ2n) is 5.20. The van der Waals surface area contributed by atoms with E-state index in [1.54, 1.807) is 6.34 Å². The Kier molecular flexibility index (Phi) is 3.33. The third-order valence-electron chi connectivity index (χ3n) is 3.61. The van der Waals surface area contributed by atoms with Crippen molar-refractivity contribution in [3.05, 3.63) is 65.2 Å². The van der Waals surface area contributed by atoms with Gasteiger partial charge in [-0.25, -0.2) is 0 Å². The highest BCUT2D eigenvalue weighted by Gasteiger charge is 2.30. The molecule has 0 aliphatic carbocycles. The third kappa shape index (κ3) is 2.46. The normalized spacial score (nSPS) is 17.1. The molecular weight excluding hydrogens is 260 g/mol. The van der Waals surface area contributed by atoms with Crippen LogP contribution in [0, 0.1) is 25.3 Å². The zero-order chi connectivity index (χ0) is 14.8. The van der Waals surface area contributed by atoms with Gasteiger partial charge in [0.1, 0.15) is 6.34 Å². The Bertz CT molecular complexity index is 695. The summed E-state index contributed by atoms with van der Waals surface area (Å²) in [6.07, 6.45) is 3.61. The fourth-order valence-corrected chi connectivity index (χ4v) is 2.40. The van der Waals surface area contributed by atoms with Crippen LogP contribution < -0.4 is 4.90 Å². The Labute approximate surface area is 124 Å². The zero-order valence-electron chi connectivity index (χ0n) is 12.1. The molecule has 0 unspecified atom stereocenters. The molecule has 1 heterocycles. The molecule has 4 nitrogen and oxygen atoms in total. The predicted molar refractivity (Wildman–Crippen MR) is 83.5 cm³/mol. The summed E-state index contributed by atoms with van der Waals surface area (Å²) in [5.41, 5.74) is 4.47. The van der Waals surface area contributed by atoms with E-state index in [0.717, 1.165) is 11.3 Å². The van der Waals surface area contributed by atoms with Crippen molar-refractivity contribution in [1.82, 2.24) is 5.01 Å². The third-order valence-corrected chi connectivity index (χ3v) is 3.61. The molecule has 3 rings (SSSR count). The highest BCUT2D eigenvalue weighted by atomic mass is 15.6. The molecule has 2 aromatic rings. The summed E-state index contributed by atoms with van der Waals surface area (Å²) < 4.78 is 0. The molecule has 21 heavy (non-hydrogen) atoms. The Morgan fingerprint density at radius 1 is 0.952 bits per heavy atom. The van der Waals surface area contributed by atoms with E-state index in [9.17, 15) is 5.26 Å². The molecule has 1 aliphatic rings. The minimum absolute atomic E-state index is 0.224. The fourth-order valence-electron chi connectivity index (χ4n) is 2.40. The summed E-state index contributed by atoms with van der Waals surface area (Å²) in [7, 11) is 0. The topological polar surface area (TPSA) is 42.6 Å². The molecule has 104 valence electrons. The first kappa shape index (κ1) is 13.2. The van der Waals surface area contributed by atoms with Crippen molar-refractivity contribution in [2.24, 2.45) is 5.10 Å². The smallest absolute Gasteiger partial charge is 0.204 e. The Morgan fingerprint density at radius 3 is 2.10 bits per heavy atom. The average Bonchev–Trinajstić information content (AvgIpc) is 2.93. The van der Waals surface area contributed by atoms with Gasteiger partial charge in [-0.05, 0) is 31.5 Å². The summed E-state index contributed by atoms with van der Waals surface area (Å²) in [6.45, 7) is 4.11. The van der Waals surface area contributed by atoms with Gasteiger partial charge >= 0.3 is 0 Å². The van der Waals surface area contributed by atoms with Gasteiger partial charge in [0.15, 0.2) is 6.17 Å². The van der Waals surface area contributed by atoms with Crippen molar-refractivity contribution in [3.8, 4) is 6.19 Å². The predicted octanol–water partition coefficient (Wildman–Crippen LogP) is 3.55. The van der Waals surface area contributed by atoms with Gasteiger partial charge in [0.2, 0.25) is 6.19 Å². The molecule has 0 fully saturated rings. The van der Waals surface area contributed by atoms with Gasteiger partial charge in [0, 0.05) is 5.69 Å². The number of anilines is 1. The van der Waals surface area contributed by atoms with Crippen molar-refractivity contribution >= 4 is 12.0 Å². The lowest BCUT2D eigenvalue weighted by molar-refractivity contribution is 0.345. The van der Waals surface area contributed by atoms with Crippen LogP contribution in [0.1, 0.15) is 22.9 Å². The van der Waals surface area contributed by atoms with E-state index >= 15 is 0 Å². The molecule has 1 aliphatic heterocycles. The molecule has 0 N–H and O–H groups in total. The number of hydrazone groups is 1. The minimum atomic E-state index is -0.224. The molecule has 4 heteroatoms. The largest absolute Gasteiger partial charge is 0.303 e. The van der Waals surface area contributed by atoms with Gasteiger partial charge < -0.3 is 4.90 Å². The molecule has 0 amide bonds. The Morgan fingerprint density at radius 2 is 1.52 bits per heavy atom. The second-order valence-corrected chi connectivity index (χ2v) is 5.20. The van der Waals surface area contributed by atoms with Gasteiger partial charge in [-0.15, -0.1) is 0 Å². The zero-order valence-corrected chi connectivity index (χ0v) is 12.1. The molecule has 1 atom stereocenters. The van der Waals surface area contributed by atoms with Gasteiger partial charge in [-0.2, -0.15) is 15.4 Å². The van der Waals surface area contributed by atoms with E-state index in [0.29, 0.717) is 0 Å². The van der Waals surface area contributed by atoms with Crippen molar-refractivity contribution in [2.75, 3.05) is 4.90 Å². The summed E-state index contributed by atoms with van der Waals surface area (Å²) in [5, 5.41) is 14.9. The summed E-state index contributed by atoms with van der Waals surface area (Å²) in [6, 6.07) is 16.4. The number of aryl methyl sites for hydroxylation is 2. The first-order chi connectivity index (χ1) is 10.2. The minimum Gasteiger partial charge on any atom is -0.303 e. The lowest BCUT2D eigenvalue weighted by Gasteiger charge is -2.27. The average molecular weight is 276 g/mol. The Hall–Kier alpha value is -2.80. The van der Waals surface area contributed by atoms with Crippen LogP contribution in [-0.2, 0) is 0 Å². The van der Waals surface area contributed by atoms with E-state index in [-0.39, 0.29) is 6.17 Å². The quantitative estimate of drug-likeness (QED) is 0.788. The molecule has 2 aromatic carbocycles. The monoisotopic (exact) mass is 276 g/mol. The maximum atomic E-state index is 9.30. The van der Waals surface area contributed by atoms with Crippen LogP contribution in [0.5, 0.6) is 0 Å². The molecule has 0 saturated carbocycles. The maximum absolute atomic E-state index is 9.30. The fraction of sp³-hybridized carbons (Fsp3) is 0.176. The van der Waals surface area contributed by atoms with E-state index in [2.05, 4.69) is 49.4 Å². The van der Waals surface area contributed by atoms with Crippen LogP contribution in [-0.4, -0.2) is 11.3 Å². The number of nitriles is 1. The molecule has 0 spiro atoms. The van der Waals surface area contributed by atoms with Crippen LogP contribution in [0.25, 0.3) is 0 Å². The van der Waals surface area contributed by atoms with Crippen LogP contribution >= 0.6 is 0 Å². The molecule has 0 bridgehead atoms. The van der Waals surface area contributed by atoms with Crippen LogP contribution in [0.3, 0.4) is 0 Å². The summed E-state index contributed by atoms with van der Waals surface area (Å²) in [5.74, 6) is 0. The van der Waals surface area contributed by atoms with Gasteiger partial charge in [0.05, 0.1) is 0 Å². The first-order valence-corrected chi connectivity index (χ1v) is 6.84. The van der Waals surface area contributed by atoms with Crippen LogP contribution in [0.15, 0.2) is 53.6 Å². The number of rotatable bonds is 2. The molecular formula is C17H16N4. The Balaban J connectivity index is 1.99. The van der Waals surface area contributed by atoms with Gasteiger partial charge in [-0.3, -0.25) is 0 Å². The van der Waals surface area contributed by atoms with E-state index in [1.807, 2.05) is 29.2 Å².